The zero-order valence-electron chi connectivity index (χ0n) is 15.5. The number of ether oxygens (including phenoxy) is 1. The van der Waals surface area contributed by atoms with Crippen LogP contribution in [-0.2, 0) is 37.2 Å². The molecular weight excluding hydrogens is 402 g/mol. The van der Waals surface area contributed by atoms with Crippen LogP contribution in [0.15, 0.2) is 29.2 Å². The SMILES string of the molecule is CCOC(=O)C1CCc2nc(NS(=O)(=O)c3ccc(NC(C)=O)cc3)sc2C1. The molecule has 1 aliphatic carbocycles. The fourth-order valence-electron chi connectivity index (χ4n) is 2.97. The number of nitrogens with zero attached hydrogens (tertiary/aromatic N) is 1. The van der Waals surface area contributed by atoms with Gasteiger partial charge in [0.05, 0.1) is 23.1 Å². The number of hydrogen-bond donors (Lipinski definition) is 2. The van der Waals surface area contributed by atoms with E-state index in [0.717, 1.165) is 10.6 Å². The smallest absolute Gasteiger partial charge is 0.309 e. The predicted octanol–water partition coefficient (Wildman–Crippen LogP) is 2.57. The Morgan fingerprint density at radius 3 is 2.64 bits per heavy atom. The molecule has 1 heterocycles. The molecule has 1 aromatic carbocycles. The summed E-state index contributed by atoms with van der Waals surface area (Å²) < 4.78 is 32.8. The number of amides is 1. The number of carbonyl (C=O) groups is 2. The predicted molar refractivity (Wildman–Crippen MR) is 106 cm³/mol. The maximum absolute atomic E-state index is 12.6. The van der Waals surface area contributed by atoms with E-state index in [4.69, 9.17) is 4.74 Å². The summed E-state index contributed by atoms with van der Waals surface area (Å²) in [6.07, 6.45) is 1.77. The summed E-state index contributed by atoms with van der Waals surface area (Å²) >= 11 is 1.24. The molecule has 0 aliphatic heterocycles. The molecule has 0 radical (unpaired) electrons. The number of sulfonamides is 1. The van der Waals surface area contributed by atoms with Crippen LogP contribution in [0, 0.1) is 5.92 Å². The highest BCUT2D eigenvalue weighted by atomic mass is 32.2. The molecule has 2 aromatic rings. The van der Waals surface area contributed by atoms with Gasteiger partial charge in [0, 0.05) is 17.5 Å². The van der Waals surface area contributed by atoms with Gasteiger partial charge in [-0.15, -0.1) is 11.3 Å². The molecule has 0 fully saturated rings. The van der Waals surface area contributed by atoms with Gasteiger partial charge in [0.2, 0.25) is 5.91 Å². The minimum Gasteiger partial charge on any atom is -0.466 e. The van der Waals surface area contributed by atoms with Gasteiger partial charge in [-0.25, -0.2) is 13.4 Å². The van der Waals surface area contributed by atoms with Crippen LogP contribution in [0.3, 0.4) is 0 Å². The summed E-state index contributed by atoms with van der Waals surface area (Å²) in [5.74, 6) is -0.662. The van der Waals surface area contributed by atoms with E-state index < -0.39 is 10.0 Å². The van der Waals surface area contributed by atoms with E-state index in [0.29, 0.717) is 31.6 Å². The minimum atomic E-state index is -3.80. The number of aromatic nitrogens is 1. The van der Waals surface area contributed by atoms with Crippen molar-refractivity contribution < 1.29 is 22.7 Å². The summed E-state index contributed by atoms with van der Waals surface area (Å²) in [5, 5.41) is 2.86. The molecule has 1 aromatic heterocycles. The van der Waals surface area contributed by atoms with Gasteiger partial charge in [-0.1, -0.05) is 0 Å². The van der Waals surface area contributed by atoms with Crippen LogP contribution in [0.25, 0.3) is 0 Å². The van der Waals surface area contributed by atoms with Crippen molar-refractivity contribution in [2.24, 2.45) is 5.92 Å². The molecule has 3 rings (SSSR count). The van der Waals surface area contributed by atoms with Gasteiger partial charge >= 0.3 is 5.97 Å². The fraction of sp³-hybridized carbons (Fsp3) is 0.389. The normalized spacial score (nSPS) is 16.1. The highest BCUT2D eigenvalue weighted by molar-refractivity contribution is 7.93. The molecule has 1 amide bonds. The maximum atomic E-state index is 12.6. The van der Waals surface area contributed by atoms with Crippen molar-refractivity contribution in [3.05, 3.63) is 34.8 Å². The molecule has 28 heavy (non-hydrogen) atoms. The van der Waals surface area contributed by atoms with Crippen molar-refractivity contribution in [1.29, 1.82) is 0 Å². The minimum absolute atomic E-state index is 0.0687. The molecule has 1 atom stereocenters. The third-order valence-corrected chi connectivity index (χ3v) is 6.79. The lowest BCUT2D eigenvalue weighted by Gasteiger charge is -2.18. The quantitative estimate of drug-likeness (QED) is 0.690. The summed E-state index contributed by atoms with van der Waals surface area (Å²) in [4.78, 5) is 28.4. The Balaban J connectivity index is 1.72. The second-order valence-corrected chi connectivity index (χ2v) is 9.16. The van der Waals surface area contributed by atoms with Crippen molar-refractivity contribution in [1.82, 2.24) is 4.98 Å². The molecule has 1 unspecified atom stereocenters. The molecule has 1 aliphatic rings. The second-order valence-electron chi connectivity index (χ2n) is 6.39. The molecule has 0 spiro atoms. The topological polar surface area (TPSA) is 114 Å². The van der Waals surface area contributed by atoms with Crippen LogP contribution in [0.4, 0.5) is 10.8 Å². The summed E-state index contributed by atoms with van der Waals surface area (Å²) in [5.41, 5.74) is 1.34. The fourth-order valence-corrected chi connectivity index (χ4v) is 5.30. The average molecular weight is 424 g/mol. The van der Waals surface area contributed by atoms with Gasteiger partial charge in [-0.2, -0.15) is 0 Å². The second kappa shape index (κ2) is 8.27. The van der Waals surface area contributed by atoms with Gasteiger partial charge in [0.1, 0.15) is 0 Å². The van der Waals surface area contributed by atoms with E-state index in [-0.39, 0.29) is 27.8 Å². The molecule has 150 valence electrons. The van der Waals surface area contributed by atoms with Crippen molar-refractivity contribution in [2.75, 3.05) is 16.6 Å². The first kappa shape index (κ1) is 20.3. The Kier molecular flexibility index (Phi) is 5.99. The van der Waals surface area contributed by atoms with Crippen LogP contribution in [0.5, 0.6) is 0 Å². The van der Waals surface area contributed by atoms with Crippen molar-refractivity contribution in [2.45, 2.75) is 38.0 Å². The van der Waals surface area contributed by atoms with Gasteiger partial charge in [0.25, 0.3) is 10.0 Å². The lowest BCUT2D eigenvalue weighted by atomic mass is 9.91. The highest BCUT2D eigenvalue weighted by Crippen LogP contribution is 2.33. The number of thiazole rings is 1. The standard InChI is InChI=1S/C18H21N3O5S2/c1-3-26-17(23)12-4-9-15-16(10-12)27-18(20-15)21-28(24,25)14-7-5-13(6-8-14)19-11(2)22/h5-8,12H,3-4,9-10H2,1-2H3,(H,19,22)(H,20,21). The first-order chi connectivity index (χ1) is 13.3. The zero-order valence-corrected chi connectivity index (χ0v) is 17.2. The number of fused-ring (bicyclic) bond motifs is 1. The van der Waals surface area contributed by atoms with Gasteiger partial charge in [-0.05, 0) is 50.5 Å². The van der Waals surface area contributed by atoms with E-state index in [1.54, 1.807) is 6.92 Å². The first-order valence-corrected chi connectivity index (χ1v) is 11.1. The van der Waals surface area contributed by atoms with E-state index in [1.807, 2.05) is 0 Å². The van der Waals surface area contributed by atoms with Crippen LogP contribution in [-0.4, -0.2) is 31.9 Å². The molecule has 2 N–H and O–H groups in total. The number of nitrogens with one attached hydrogen (secondary N) is 2. The van der Waals surface area contributed by atoms with Gasteiger partial charge < -0.3 is 10.1 Å². The molecule has 0 saturated carbocycles. The molecule has 0 saturated heterocycles. The number of anilines is 2. The number of hydrogen-bond acceptors (Lipinski definition) is 7. The van der Waals surface area contributed by atoms with Crippen molar-refractivity contribution >= 4 is 44.1 Å². The third kappa shape index (κ3) is 4.68. The van der Waals surface area contributed by atoms with Gasteiger partial charge in [-0.3, -0.25) is 14.3 Å². The lowest BCUT2D eigenvalue weighted by Crippen LogP contribution is -2.24. The number of esters is 1. The van der Waals surface area contributed by atoms with Crippen LogP contribution < -0.4 is 10.0 Å². The summed E-state index contributed by atoms with van der Waals surface area (Å²) in [6.45, 7) is 3.49. The Bertz CT molecular complexity index is 983. The van der Waals surface area contributed by atoms with E-state index in [1.165, 1.54) is 42.5 Å². The average Bonchev–Trinajstić information content (AvgIpc) is 3.02. The summed E-state index contributed by atoms with van der Waals surface area (Å²) in [7, 11) is -3.80. The number of carbonyl (C=O) groups excluding carboxylic acids is 2. The zero-order chi connectivity index (χ0) is 20.3. The maximum Gasteiger partial charge on any atom is 0.309 e. The molecule has 10 heteroatoms. The van der Waals surface area contributed by atoms with E-state index in [2.05, 4.69) is 15.0 Å². The number of aryl methyl sites for hydroxylation is 1. The summed E-state index contributed by atoms with van der Waals surface area (Å²) in [6, 6.07) is 5.87. The molecule has 0 bridgehead atoms. The van der Waals surface area contributed by atoms with Crippen LogP contribution >= 0.6 is 11.3 Å². The van der Waals surface area contributed by atoms with Gasteiger partial charge in [0.15, 0.2) is 5.13 Å². The first-order valence-electron chi connectivity index (χ1n) is 8.84. The van der Waals surface area contributed by atoms with Crippen LogP contribution in [0.1, 0.15) is 30.8 Å². The Hall–Kier alpha value is -2.46. The lowest BCUT2D eigenvalue weighted by molar-refractivity contribution is -0.148. The van der Waals surface area contributed by atoms with Crippen molar-refractivity contribution in [3.8, 4) is 0 Å². The third-order valence-electron chi connectivity index (χ3n) is 4.27. The van der Waals surface area contributed by atoms with Crippen LogP contribution in [0.2, 0.25) is 0 Å². The van der Waals surface area contributed by atoms with Crippen molar-refractivity contribution in [3.63, 3.8) is 0 Å². The monoisotopic (exact) mass is 423 g/mol. The molecule has 8 nitrogen and oxygen atoms in total. The highest BCUT2D eigenvalue weighted by Gasteiger charge is 2.29. The Morgan fingerprint density at radius 1 is 1.29 bits per heavy atom. The number of rotatable bonds is 6. The molecular formula is C18H21N3O5S2. The largest absolute Gasteiger partial charge is 0.466 e. The number of benzene rings is 1. The van der Waals surface area contributed by atoms with E-state index in [9.17, 15) is 18.0 Å². The van der Waals surface area contributed by atoms with E-state index >= 15 is 0 Å². The Morgan fingerprint density at radius 2 is 2.00 bits per heavy atom. The Labute approximate surface area is 167 Å².